The van der Waals surface area contributed by atoms with Crippen molar-refractivity contribution in [2.75, 3.05) is 0 Å². The molecule has 0 radical (unpaired) electrons. The Morgan fingerprint density at radius 2 is 1.79 bits per heavy atom. The Bertz CT molecular complexity index is 861. The fourth-order valence-electron chi connectivity index (χ4n) is 2.16. The van der Waals surface area contributed by atoms with Crippen molar-refractivity contribution in [1.82, 2.24) is 9.97 Å². The first kappa shape index (κ1) is 18.8. The highest BCUT2D eigenvalue weighted by atomic mass is 35.5. The van der Waals surface area contributed by atoms with Gasteiger partial charge in [0.1, 0.15) is 5.82 Å². The molecule has 7 heteroatoms. The van der Waals surface area contributed by atoms with E-state index in [0.29, 0.717) is 23.2 Å². The third kappa shape index (κ3) is 4.51. The Morgan fingerprint density at radius 1 is 1.17 bits per heavy atom. The lowest BCUT2D eigenvalue weighted by atomic mass is 10.0. The van der Waals surface area contributed by atoms with Crippen molar-refractivity contribution < 1.29 is 12.8 Å². The van der Waals surface area contributed by atoms with Crippen molar-refractivity contribution in [3.63, 3.8) is 0 Å². The molecule has 0 spiro atoms. The van der Waals surface area contributed by atoms with E-state index in [2.05, 4.69) is 9.97 Å². The van der Waals surface area contributed by atoms with Crippen LogP contribution in [-0.2, 0) is 22.0 Å². The summed E-state index contributed by atoms with van der Waals surface area (Å²) < 4.78 is 37.7. The molecule has 0 atom stereocenters. The Labute approximate surface area is 147 Å². The quantitative estimate of drug-likeness (QED) is 0.766. The van der Waals surface area contributed by atoms with Crippen molar-refractivity contribution >= 4 is 21.4 Å². The topological polar surface area (TPSA) is 59.9 Å². The van der Waals surface area contributed by atoms with Crippen LogP contribution >= 0.6 is 11.6 Å². The van der Waals surface area contributed by atoms with Crippen LogP contribution in [0.1, 0.15) is 43.2 Å². The van der Waals surface area contributed by atoms with E-state index in [9.17, 15) is 12.8 Å². The Kier molecular flexibility index (Phi) is 5.30. The zero-order valence-corrected chi connectivity index (χ0v) is 15.7. The number of rotatable bonds is 4. The van der Waals surface area contributed by atoms with Crippen LogP contribution in [0.2, 0.25) is 5.28 Å². The molecule has 2 aromatic rings. The molecule has 0 aliphatic carbocycles. The summed E-state index contributed by atoms with van der Waals surface area (Å²) >= 11 is 5.81. The van der Waals surface area contributed by atoms with Crippen LogP contribution in [0.4, 0.5) is 4.39 Å². The molecule has 24 heavy (non-hydrogen) atoms. The smallest absolute Gasteiger partial charge is 0.222 e. The van der Waals surface area contributed by atoms with E-state index in [1.54, 1.807) is 33.0 Å². The molecule has 0 bridgehead atoms. The fourth-order valence-corrected chi connectivity index (χ4v) is 3.35. The molecule has 0 saturated heterocycles. The maximum absolute atomic E-state index is 13.9. The minimum atomic E-state index is -3.39. The Morgan fingerprint density at radius 3 is 2.42 bits per heavy atom. The van der Waals surface area contributed by atoms with Crippen LogP contribution in [-0.4, -0.2) is 23.1 Å². The highest BCUT2D eigenvalue weighted by Crippen LogP contribution is 2.23. The SMILES string of the molecule is Cc1cnc(Cl)nc1Cc1cc(F)cc(CS(=O)(=O)C(C)(C)C)c1. The first-order valence-corrected chi connectivity index (χ1v) is 9.49. The molecular formula is C17H20ClFN2O2S. The summed E-state index contributed by atoms with van der Waals surface area (Å²) in [5.41, 5.74) is 2.60. The fraction of sp³-hybridized carbons (Fsp3) is 0.412. The van der Waals surface area contributed by atoms with Gasteiger partial charge >= 0.3 is 0 Å². The van der Waals surface area contributed by atoms with Crippen LogP contribution in [0, 0.1) is 12.7 Å². The highest BCUT2D eigenvalue weighted by molar-refractivity contribution is 7.91. The van der Waals surface area contributed by atoms with Gasteiger partial charge in [0, 0.05) is 12.6 Å². The molecule has 4 nitrogen and oxygen atoms in total. The summed E-state index contributed by atoms with van der Waals surface area (Å²) in [6.07, 6.45) is 1.96. The first-order chi connectivity index (χ1) is 11.0. The molecule has 1 aromatic heterocycles. The summed E-state index contributed by atoms with van der Waals surface area (Å²) in [6.45, 7) is 6.74. The number of hydrogen-bond donors (Lipinski definition) is 0. The van der Waals surface area contributed by atoms with Crippen molar-refractivity contribution in [2.45, 2.75) is 44.6 Å². The normalized spacial score (nSPS) is 12.4. The van der Waals surface area contributed by atoms with Gasteiger partial charge in [0.2, 0.25) is 5.28 Å². The molecule has 1 heterocycles. The van der Waals surface area contributed by atoms with Crippen LogP contribution in [0.3, 0.4) is 0 Å². The van der Waals surface area contributed by atoms with Gasteiger partial charge in [-0.3, -0.25) is 0 Å². The second-order valence-corrected chi connectivity index (χ2v) is 9.87. The number of benzene rings is 1. The lowest BCUT2D eigenvalue weighted by molar-refractivity contribution is 0.559. The van der Waals surface area contributed by atoms with Crippen LogP contribution in [0.15, 0.2) is 24.4 Å². The second-order valence-electron chi connectivity index (χ2n) is 6.78. The van der Waals surface area contributed by atoms with Gasteiger partial charge in [-0.2, -0.15) is 0 Å². The van der Waals surface area contributed by atoms with E-state index < -0.39 is 20.4 Å². The second kappa shape index (κ2) is 6.76. The van der Waals surface area contributed by atoms with E-state index in [1.807, 2.05) is 6.92 Å². The molecule has 130 valence electrons. The maximum Gasteiger partial charge on any atom is 0.222 e. The number of nitrogens with zero attached hydrogens (tertiary/aromatic N) is 2. The van der Waals surface area contributed by atoms with Gasteiger partial charge in [0.25, 0.3) is 0 Å². The summed E-state index contributed by atoms with van der Waals surface area (Å²) in [5.74, 6) is -0.672. The summed E-state index contributed by atoms with van der Waals surface area (Å²) in [5, 5.41) is 0.127. The molecule has 0 aliphatic rings. The highest BCUT2D eigenvalue weighted by Gasteiger charge is 2.29. The van der Waals surface area contributed by atoms with E-state index in [1.165, 1.54) is 12.1 Å². The van der Waals surface area contributed by atoms with Gasteiger partial charge < -0.3 is 0 Å². The Hall–Kier alpha value is -1.53. The number of aromatic nitrogens is 2. The molecule has 0 aliphatic heterocycles. The lowest BCUT2D eigenvalue weighted by Crippen LogP contribution is -2.29. The van der Waals surface area contributed by atoms with Crippen molar-refractivity contribution in [1.29, 1.82) is 0 Å². The van der Waals surface area contributed by atoms with Crippen LogP contribution in [0.5, 0.6) is 0 Å². The zero-order valence-electron chi connectivity index (χ0n) is 14.1. The summed E-state index contributed by atoms with van der Waals surface area (Å²) in [6, 6.07) is 4.33. The monoisotopic (exact) mass is 370 g/mol. The molecule has 2 rings (SSSR count). The average Bonchev–Trinajstić information content (AvgIpc) is 2.40. The number of aryl methyl sites for hydroxylation is 1. The predicted molar refractivity (Wildman–Crippen MR) is 93.4 cm³/mol. The van der Waals surface area contributed by atoms with Crippen LogP contribution < -0.4 is 0 Å². The molecular weight excluding hydrogens is 351 g/mol. The minimum absolute atomic E-state index is 0.127. The van der Waals surface area contributed by atoms with Gasteiger partial charge in [-0.05, 0) is 68.1 Å². The van der Waals surface area contributed by atoms with E-state index in [-0.39, 0.29) is 11.0 Å². The van der Waals surface area contributed by atoms with Gasteiger partial charge in [-0.15, -0.1) is 0 Å². The standard InChI is InChI=1S/C17H20ClFN2O2S/c1-11-9-20-16(18)21-15(11)8-12-5-13(7-14(19)6-12)10-24(22,23)17(2,3)4/h5-7,9H,8,10H2,1-4H3. The summed E-state index contributed by atoms with van der Waals surface area (Å²) in [4.78, 5) is 8.05. The number of halogens is 2. The molecule has 0 amide bonds. The van der Waals surface area contributed by atoms with E-state index >= 15 is 0 Å². The molecule has 0 N–H and O–H groups in total. The van der Waals surface area contributed by atoms with E-state index in [0.717, 1.165) is 5.56 Å². The van der Waals surface area contributed by atoms with Crippen LogP contribution in [0.25, 0.3) is 0 Å². The van der Waals surface area contributed by atoms with Gasteiger partial charge in [0.05, 0.1) is 16.2 Å². The van der Waals surface area contributed by atoms with Crippen molar-refractivity contribution in [3.8, 4) is 0 Å². The van der Waals surface area contributed by atoms with Gasteiger partial charge in [-0.1, -0.05) is 6.07 Å². The van der Waals surface area contributed by atoms with Crippen molar-refractivity contribution in [3.05, 3.63) is 57.9 Å². The van der Waals surface area contributed by atoms with Gasteiger partial charge in [-0.25, -0.2) is 22.8 Å². The number of hydrogen-bond acceptors (Lipinski definition) is 4. The molecule has 0 saturated carbocycles. The third-order valence-electron chi connectivity index (χ3n) is 3.73. The molecule has 0 fully saturated rings. The van der Waals surface area contributed by atoms with Crippen molar-refractivity contribution in [2.24, 2.45) is 0 Å². The minimum Gasteiger partial charge on any atom is -0.228 e. The third-order valence-corrected chi connectivity index (χ3v) is 6.49. The molecule has 1 aromatic carbocycles. The largest absolute Gasteiger partial charge is 0.228 e. The zero-order chi connectivity index (χ0) is 18.1. The summed E-state index contributed by atoms with van der Waals surface area (Å²) in [7, 11) is -3.39. The average molecular weight is 371 g/mol. The number of sulfone groups is 1. The first-order valence-electron chi connectivity index (χ1n) is 7.46. The predicted octanol–water partition coefficient (Wildman–Crippen LogP) is 3.88. The lowest BCUT2D eigenvalue weighted by Gasteiger charge is -2.19. The molecule has 0 unspecified atom stereocenters. The van der Waals surface area contributed by atoms with Gasteiger partial charge in [0.15, 0.2) is 9.84 Å². The Balaban J connectivity index is 2.34. The van der Waals surface area contributed by atoms with E-state index in [4.69, 9.17) is 11.6 Å². The maximum atomic E-state index is 13.9.